The summed E-state index contributed by atoms with van der Waals surface area (Å²) in [5.41, 5.74) is 0.405. The van der Waals surface area contributed by atoms with Crippen molar-refractivity contribution in [2.45, 2.75) is 65.5 Å². The maximum Gasteiger partial charge on any atom is 0.147 e. The molecule has 0 radical (unpaired) electrons. The Morgan fingerprint density at radius 1 is 1.24 bits per heavy atom. The lowest BCUT2D eigenvalue weighted by molar-refractivity contribution is 0.00806. The van der Waals surface area contributed by atoms with E-state index < -0.39 is 9.84 Å². The summed E-state index contributed by atoms with van der Waals surface area (Å²) in [5, 5.41) is 3.73. The van der Waals surface area contributed by atoms with E-state index in [0.29, 0.717) is 11.8 Å². The van der Waals surface area contributed by atoms with Crippen LogP contribution in [0.1, 0.15) is 53.9 Å². The molecule has 0 aliphatic carbocycles. The van der Waals surface area contributed by atoms with Gasteiger partial charge in [-0.05, 0) is 31.2 Å². The maximum absolute atomic E-state index is 11.4. The molecule has 0 aromatic carbocycles. The number of hydrogen-bond acceptors (Lipinski definition) is 4. The fourth-order valence-electron chi connectivity index (χ4n) is 3.28. The topological polar surface area (TPSA) is 49.4 Å². The van der Waals surface area contributed by atoms with Crippen LogP contribution in [0.5, 0.6) is 0 Å². The highest BCUT2D eigenvalue weighted by Crippen LogP contribution is 2.31. The molecule has 0 amide bonds. The first-order valence-electron chi connectivity index (χ1n) is 8.20. The van der Waals surface area contributed by atoms with Crippen molar-refractivity contribution in [3.8, 4) is 0 Å². The Hall–Kier alpha value is -0.130. The van der Waals surface area contributed by atoms with E-state index in [4.69, 9.17) is 0 Å². The van der Waals surface area contributed by atoms with Gasteiger partial charge in [0.05, 0.1) is 5.75 Å². The number of sulfone groups is 1. The van der Waals surface area contributed by atoms with Crippen LogP contribution in [0, 0.1) is 5.41 Å². The third-order valence-corrected chi connectivity index (χ3v) is 6.09. The van der Waals surface area contributed by atoms with Gasteiger partial charge in [-0.3, -0.25) is 4.90 Å². The zero-order valence-corrected chi connectivity index (χ0v) is 15.5. The zero-order valence-electron chi connectivity index (χ0n) is 14.7. The second kappa shape index (κ2) is 6.97. The molecule has 5 heteroatoms. The van der Waals surface area contributed by atoms with Gasteiger partial charge in [0, 0.05) is 30.9 Å². The van der Waals surface area contributed by atoms with Gasteiger partial charge in [0.25, 0.3) is 0 Å². The van der Waals surface area contributed by atoms with Crippen LogP contribution in [-0.2, 0) is 9.84 Å². The van der Waals surface area contributed by atoms with Crippen LogP contribution >= 0.6 is 0 Å². The van der Waals surface area contributed by atoms with Gasteiger partial charge in [-0.15, -0.1) is 0 Å². The SMILES string of the molecule is CCC1(CC)CNC(C(C)(C)C)CN1CCCS(C)(=O)=O. The fraction of sp³-hybridized carbons (Fsp3) is 1.00. The van der Waals surface area contributed by atoms with Crippen molar-refractivity contribution in [3.63, 3.8) is 0 Å². The summed E-state index contributed by atoms with van der Waals surface area (Å²) < 4.78 is 22.7. The molecule has 4 nitrogen and oxygen atoms in total. The third-order valence-electron chi connectivity index (χ3n) is 5.06. The first-order valence-corrected chi connectivity index (χ1v) is 10.3. The highest BCUT2D eigenvalue weighted by molar-refractivity contribution is 7.90. The van der Waals surface area contributed by atoms with Gasteiger partial charge in [-0.25, -0.2) is 8.42 Å². The van der Waals surface area contributed by atoms with Crippen LogP contribution in [-0.4, -0.2) is 56.5 Å². The molecule has 0 spiro atoms. The van der Waals surface area contributed by atoms with E-state index in [1.165, 1.54) is 6.26 Å². The Morgan fingerprint density at radius 2 is 1.81 bits per heavy atom. The van der Waals surface area contributed by atoms with Crippen LogP contribution < -0.4 is 5.32 Å². The molecule has 21 heavy (non-hydrogen) atoms. The first-order chi connectivity index (χ1) is 9.54. The van der Waals surface area contributed by atoms with Gasteiger partial charge in [-0.1, -0.05) is 34.6 Å². The minimum Gasteiger partial charge on any atom is -0.310 e. The average molecular weight is 319 g/mol. The first kappa shape index (κ1) is 18.9. The molecular formula is C16H34N2O2S. The molecule has 1 rings (SSSR count). The molecule has 1 heterocycles. The number of hydrogen-bond donors (Lipinski definition) is 1. The predicted octanol–water partition coefficient (Wildman–Crippen LogP) is 2.30. The van der Waals surface area contributed by atoms with Crippen LogP contribution in [0.3, 0.4) is 0 Å². The summed E-state index contributed by atoms with van der Waals surface area (Å²) in [6, 6.07) is 0.460. The lowest BCUT2D eigenvalue weighted by atomic mass is 9.80. The molecule has 1 aliphatic rings. The molecule has 1 fully saturated rings. The minimum absolute atomic E-state index is 0.180. The van der Waals surface area contributed by atoms with E-state index in [0.717, 1.165) is 38.9 Å². The van der Waals surface area contributed by atoms with Crippen LogP contribution in [0.4, 0.5) is 0 Å². The Bertz CT molecular complexity index is 422. The van der Waals surface area contributed by atoms with Gasteiger partial charge in [-0.2, -0.15) is 0 Å². The third kappa shape index (κ3) is 5.22. The smallest absolute Gasteiger partial charge is 0.147 e. The summed E-state index contributed by atoms with van der Waals surface area (Å²) >= 11 is 0. The summed E-state index contributed by atoms with van der Waals surface area (Å²) in [5.74, 6) is 0.292. The fourth-order valence-corrected chi connectivity index (χ4v) is 3.93. The Balaban J connectivity index is 2.79. The van der Waals surface area contributed by atoms with Crippen LogP contribution in [0.2, 0.25) is 0 Å². The average Bonchev–Trinajstić information content (AvgIpc) is 2.36. The summed E-state index contributed by atoms with van der Waals surface area (Å²) in [6.07, 6.45) is 4.27. The van der Waals surface area contributed by atoms with Crippen molar-refractivity contribution in [3.05, 3.63) is 0 Å². The summed E-state index contributed by atoms with van der Waals surface area (Å²) in [7, 11) is -2.86. The highest BCUT2D eigenvalue weighted by atomic mass is 32.2. The van der Waals surface area contributed by atoms with E-state index in [1.807, 2.05) is 0 Å². The lowest BCUT2D eigenvalue weighted by Gasteiger charge is -2.52. The van der Waals surface area contributed by atoms with E-state index in [-0.39, 0.29) is 11.0 Å². The van der Waals surface area contributed by atoms with Crippen molar-refractivity contribution >= 4 is 9.84 Å². The molecular weight excluding hydrogens is 284 g/mol. The number of nitrogens with zero attached hydrogens (tertiary/aromatic N) is 1. The predicted molar refractivity (Wildman–Crippen MR) is 90.5 cm³/mol. The molecule has 1 N–H and O–H groups in total. The number of rotatable bonds is 6. The Kier molecular flexibility index (Phi) is 6.28. The van der Waals surface area contributed by atoms with Gasteiger partial charge < -0.3 is 5.32 Å². The molecule has 0 aromatic heterocycles. The highest BCUT2D eigenvalue weighted by Gasteiger charge is 2.41. The van der Waals surface area contributed by atoms with Crippen molar-refractivity contribution in [2.75, 3.05) is 31.6 Å². The van der Waals surface area contributed by atoms with Gasteiger partial charge >= 0.3 is 0 Å². The van der Waals surface area contributed by atoms with Gasteiger partial charge in [0.15, 0.2) is 0 Å². The molecule has 1 atom stereocenters. The van der Waals surface area contributed by atoms with E-state index in [1.54, 1.807) is 0 Å². The van der Waals surface area contributed by atoms with Gasteiger partial charge in [0.1, 0.15) is 9.84 Å². The standard InChI is InChI=1S/C16H34N2O2S/c1-7-16(8-2)13-17-14(15(3,4)5)12-18(16)10-9-11-21(6,19)20/h14,17H,7-13H2,1-6H3. The van der Waals surface area contributed by atoms with Crippen LogP contribution in [0.15, 0.2) is 0 Å². The normalized spacial score (nSPS) is 24.2. The Morgan fingerprint density at radius 3 is 2.24 bits per heavy atom. The second-order valence-electron chi connectivity index (χ2n) is 7.66. The number of nitrogens with one attached hydrogen (secondary N) is 1. The minimum atomic E-state index is -2.86. The second-order valence-corrected chi connectivity index (χ2v) is 9.92. The van der Waals surface area contributed by atoms with Crippen molar-refractivity contribution in [1.82, 2.24) is 10.2 Å². The van der Waals surface area contributed by atoms with Crippen molar-refractivity contribution < 1.29 is 8.42 Å². The monoisotopic (exact) mass is 318 g/mol. The van der Waals surface area contributed by atoms with Gasteiger partial charge in [0.2, 0.25) is 0 Å². The molecule has 1 saturated heterocycles. The van der Waals surface area contributed by atoms with E-state index >= 15 is 0 Å². The van der Waals surface area contributed by atoms with Crippen molar-refractivity contribution in [2.24, 2.45) is 5.41 Å². The van der Waals surface area contributed by atoms with E-state index in [2.05, 4.69) is 44.8 Å². The van der Waals surface area contributed by atoms with Crippen LogP contribution in [0.25, 0.3) is 0 Å². The number of piperazine rings is 1. The van der Waals surface area contributed by atoms with Crippen molar-refractivity contribution in [1.29, 1.82) is 0 Å². The molecule has 126 valence electrons. The quantitative estimate of drug-likeness (QED) is 0.816. The largest absolute Gasteiger partial charge is 0.310 e. The molecule has 0 bridgehead atoms. The molecule has 0 saturated carbocycles. The summed E-state index contributed by atoms with van der Waals surface area (Å²) in [6.45, 7) is 14.2. The van der Waals surface area contributed by atoms with E-state index in [9.17, 15) is 8.42 Å². The summed E-state index contributed by atoms with van der Waals surface area (Å²) in [4.78, 5) is 2.55. The molecule has 1 unspecified atom stereocenters. The Labute approximate surface area is 131 Å². The zero-order chi connectivity index (χ0) is 16.3. The molecule has 0 aromatic rings. The maximum atomic E-state index is 11.4. The lowest BCUT2D eigenvalue weighted by Crippen LogP contribution is -2.66. The molecule has 1 aliphatic heterocycles.